The molecule has 0 saturated heterocycles. The number of rotatable bonds is 3. The van der Waals surface area contributed by atoms with E-state index in [9.17, 15) is 0 Å². The molecule has 1 aliphatic rings. The summed E-state index contributed by atoms with van der Waals surface area (Å²) in [5.41, 5.74) is 3.09. The minimum atomic E-state index is 0.308. The molecule has 108 valence electrons. The molecule has 4 unspecified atom stereocenters. The molecule has 1 aromatic heterocycles. The van der Waals surface area contributed by atoms with Crippen LogP contribution in [0.1, 0.15) is 44.0 Å². The van der Waals surface area contributed by atoms with Gasteiger partial charge in [-0.3, -0.25) is 11.3 Å². The minimum Gasteiger partial charge on any atom is -0.271 e. The molecule has 1 aliphatic carbocycles. The van der Waals surface area contributed by atoms with Crippen LogP contribution >= 0.6 is 11.3 Å². The molecule has 0 aliphatic heterocycles. The van der Waals surface area contributed by atoms with Gasteiger partial charge in [-0.25, -0.2) is 0 Å². The van der Waals surface area contributed by atoms with Crippen LogP contribution in [0.25, 0.3) is 10.1 Å². The van der Waals surface area contributed by atoms with Gasteiger partial charge in [-0.2, -0.15) is 0 Å². The summed E-state index contributed by atoms with van der Waals surface area (Å²) < 4.78 is 1.36. The maximum atomic E-state index is 5.89. The summed E-state index contributed by atoms with van der Waals surface area (Å²) in [4.78, 5) is 1.39. The van der Waals surface area contributed by atoms with E-state index in [1.54, 1.807) is 0 Å². The molecule has 1 aromatic carbocycles. The van der Waals surface area contributed by atoms with Crippen molar-refractivity contribution in [3.05, 3.63) is 35.2 Å². The fraction of sp³-hybridized carbons (Fsp3) is 0.529. The third kappa shape index (κ3) is 2.62. The fourth-order valence-electron chi connectivity index (χ4n) is 3.50. The van der Waals surface area contributed by atoms with Gasteiger partial charge < -0.3 is 0 Å². The summed E-state index contributed by atoms with van der Waals surface area (Å²) in [5.74, 6) is 8.22. The van der Waals surface area contributed by atoms with E-state index in [1.165, 1.54) is 34.2 Å². The topological polar surface area (TPSA) is 38.0 Å². The van der Waals surface area contributed by atoms with Crippen molar-refractivity contribution in [1.82, 2.24) is 5.43 Å². The highest BCUT2D eigenvalue weighted by atomic mass is 32.1. The minimum absolute atomic E-state index is 0.308. The van der Waals surface area contributed by atoms with E-state index in [0.29, 0.717) is 12.0 Å². The quantitative estimate of drug-likeness (QED) is 0.645. The second kappa shape index (κ2) is 5.84. The number of benzene rings is 1. The molecular weight excluding hydrogens is 264 g/mol. The largest absolute Gasteiger partial charge is 0.271 e. The lowest BCUT2D eigenvalue weighted by atomic mass is 9.73. The molecule has 1 saturated carbocycles. The van der Waals surface area contributed by atoms with E-state index < -0.39 is 0 Å². The summed E-state index contributed by atoms with van der Waals surface area (Å²) in [7, 11) is 0. The van der Waals surface area contributed by atoms with Crippen LogP contribution in [0.15, 0.2) is 30.3 Å². The maximum absolute atomic E-state index is 5.89. The third-order valence-corrected chi connectivity index (χ3v) is 6.24. The van der Waals surface area contributed by atoms with Crippen LogP contribution in [0.2, 0.25) is 0 Å². The Morgan fingerprint density at radius 2 is 2.00 bits per heavy atom. The van der Waals surface area contributed by atoms with Crippen molar-refractivity contribution >= 4 is 21.4 Å². The number of nitrogens with one attached hydrogen (secondary N) is 1. The zero-order chi connectivity index (χ0) is 14.1. The van der Waals surface area contributed by atoms with Crippen LogP contribution in [0.3, 0.4) is 0 Å². The molecule has 0 spiro atoms. The van der Waals surface area contributed by atoms with Gasteiger partial charge in [0, 0.05) is 9.58 Å². The Labute approximate surface area is 125 Å². The van der Waals surface area contributed by atoms with Crippen LogP contribution in [-0.4, -0.2) is 0 Å². The van der Waals surface area contributed by atoms with Crippen molar-refractivity contribution in [2.75, 3.05) is 0 Å². The average molecular weight is 288 g/mol. The van der Waals surface area contributed by atoms with E-state index in [-0.39, 0.29) is 0 Å². The Morgan fingerprint density at radius 1 is 1.20 bits per heavy atom. The summed E-state index contributed by atoms with van der Waals surface area (Å²) in [6, 6.07) is 11.2. The SMILES string of the molecule is CC1CCC(C(NN)c2cc3ccccc3s2)CC1C. The number of hydrazine groups is 1. The highest BCUT2D eigenvalue weighted by molar-refractivity contribution is 7.19. The average Bonchev–Trinajstić information content (AvgIpc) is 2.87. The van der Waals surface area contributed by atoms with Gasteiger partial charge in [0.1, 0.15) is 0 Å². The molecule has 1 heterocycles. The Balaban J connectivity index is 1.85. The highest BCUT2D eigenvalue weighted by Gasteiger charge is 2.31. The molecular formula is C17H24N2S. The Bertz CT molecular complexity index is 544. The first-order valence-electron chi connectivity index (χ1n) is 7.63. The Morgan fingerprint density at radius 3 is 2.70 bits per heavy atom. The van der Waals surface area contributed by atoms with Gasteiger partial charge in [0.25, 0.3) is 0 Å². The molecule has 0 bridgehead atoms. The number of hydrogen-bond acceptors (Lipinski definition) is 3. The van der Waals surface area contributed by atoms with E-state index >= 15 is 0 Å². The maximum Gasteiger partial charge on any atom is 0.0581 e. The molecule has 20 heavy (non-hydrogen) atoms. The van der Waals surface area contributed by atoms with Gasteiger partial charge in [-0.1, -0.05) is 38.5 Å². The van der Waals surface area contributed by atoms with Crippen molar-refractivity contribution in [3.8, 4) is 0 Å². The van der Waals surface area contributed by atoms with Gasteiger partial charge >= 0.3 is 0 Å². The second-order valence-electron chi connectivity index (χ2n) is 6.36. The first-order valence-corrected chi connectivity index (χ1v) is 8.45. The lowest BCUT2D eigenvalue weighted by molar-refractivity contribution is 0.173. The molecule has 1 fully saturated rings. The Kier molecular flexibility index (Phi) is 4.11. The molecule has 0 amide bonds. The molecule has 2 aromatic rings. The smallest absolute Gasteiger partial charge is 0.0581 e. The van der Waals surface area contributed by atoms with Crippen LogP contribution in [0.4, 0.5) is 0 Å². The van der Waals surface area contributed by atoms with Crippen LogP contribution in [0, 0.1) is 17.8 Å². The van der Waals surface area contributed by atoms with Crippen LogP contribution in [0.5, 0.6) is 0 Å². The van der Waals surface area contributed by atoms with E-state index in [0.717, 1.165) is 11.8 Å². The van der Waals surface area contributed by atoms with E-state index in [4.69, 9.17) is 5.84 Å². The lowest BCUT2D eigenvalue weighted by Gasteiger charge is -2.36. The van der Waals surface area contributed by atoms with Gasteiger partial charge in [0.05, 0.1) is 6.04 Å². The van der Waals surface area contributed by atoms with E-state index in [1.807, 2.05) is 11.3 Å². The molecule has 4 atom stereocenters. The van der Waals surface area contributed by atoms with Crippen molar-refractivity contribution in [1.29, 1.82) is 0 Å². The summed E-state index contributed by atoms with van der Waals surface area (Å²) in [6.45, 7) is 4.76. The van der Waals surface area contributed by atoms with Crippen molar-refractivity contribution < 1.29 is 0 Å². The zero-order valence-corrected chi connectivity index (χ0v) is 13.1. The standard InChI is InChI=1S/C17H24N2S/c1-11-7-8-14(9-12(11)2)17(19-18)16-10-13-5-3-4-6-15(13)20-16/h3-6,10-12,14,17,19H,7-9,18H2,1-2H3. The number of fused-ring (bicyclic) bond motifs is 1. The normalized spacial score (nSPS) is 28.6. The van der Waals surface area contributed by atoms with Gasteiger partial charge in [-0.05, 0) is 48.1 Å². The monoisotopic (exact) mass is 288 g/mol. The highest BCUT2D eigenvalue weighted by Crippen LogP contribution is 2.42. The molecule has 0 radical (unpaired) electrons. The van der Waals surface area contributed by atoms with Crippen LogP contribution < -0.4 is 11.3 Å². The van der Waals surface area contributed by atoms with E-state index in [2.05, 4.69) is 49.6 Å². The lowest BCUT2D eigenvalue weighted by Crippen LogP contribution is -2.36. The number of thiophene rings is 1. The van der Waals surface area contributed by atoms with Crippen molar-refractivity contribution in [3.63, 3.8) is 0 Å². The Hall–Kier alpha value is -0.900. The third-order valence-electron chi connectivity index (χ3n) is 5.04. The predicted molar refractivity (Wildman–Crippen MR) is 87.6 cm³/mol. The van der Waals surface area contributed by atoms with Gasteiger partial charge in [-0.15, -0.1) is 11.3 Å². The predicted octanol–water partition coefficient (Wildman–Crippen LogP) is 4.48. The van der Waals surface area contributed by atoms with Gasteiger partial charge in [0.2, 0.25) is 0 Å². The molecule has 3 rings (SSSR count). The van der Waals surface area contributed by atoms with Crippen LogP contribution in [-0.2, 0) is 0 Å². The van der Waals surface area contributed by atoms with Crippen molar-refractivity contribution in [2.45, 2.75) is 39.2 Å². The first kappa shape index (κ1) is 14.1. The zero-order valence-electron chi connectivity index (χ0n) is 12.3. The van der Waals surface area contributed by atoms with Crippen molar-refractivity contribution in [2.24, 2.45) is 23.6 Å². The summed E-state index contributed by atoms with van der Waals surface area (Å²) >= 11 is 1.88. The second-order valence-corrected chi connectivity index (χ2v) is 7.47. The molecule has 3 heteroatoms. The first-order chi connectivity index (χ1) is 9.69. The number of hydrogen-bond donors (Lipinski definition) is 2. The number of nitrogens with two attached hydrogens (primary N) is 1. The molecule has 3 N–H and O–H groups in total. The van der Waals surface area contributed by atoms with Gasteiger partial charge in [0.15, 0.2) is 0 Å². The summed E-state index contributed by atoms with van der Waals surface area (Å²) in [6.07, 6.45) is 3.90. The fourth-order valence-corrected chi connectivity index (χ4v) is 4.72. The molecule has 2 nitrogen and oxygen atoms in total. The summed E-state index contributed by atoms with van der Waals surface area (Å²) in [5, 5.41) is 1.34.